The lowest BCUT2D eigenvalue weighted by atomic mass is 9.98. The van der Waals surface area contributed by atoms with Crippen molar-refractivity contribution in [3.05, 3.63) is 89.2 Å². The molecule has 0 aliphatic carbocycles. The third-order valence-corrected chi connectivity index (χ3v) is 3.88. The van der Waals surface area contributed by atoms with E-state index < -0.39 is 0 Å². The predicted molar refractivity (Wildman–Crippen MR) is 92.7 cm³/mol. The standard InChI is InChI=1S/C21H17FO2/c1-15-7-9-19(22)12-20(15)17-8-10-21(18(11-17)13-23)24-14-16-5-3-2-4-6-16/h2-13H,14H2,1H3. The Morgan fingerprint density at radius 3 is 2.54 bits per heavy atom. The van der Waals surface area contributed by atoms with Crippen molar-refractivity contribution in [2.24, 2.45) is 0 Å². The highest BCUT2D eigenvalue weighted by Gasteiger charge is 2.09. The van der Waals surface area contributed by atoms with Crippen molar-refractivity contribution < 1.29 is 13.9 Å². The number of hydrogen-bond acceptors (Lipinski definition) is 2. The molecular formula is C21H17FO2. The number of rotatable bonds is 5. The van der Waals surface area contributed by atoms with Crippen molar-refractivity contribution in [2.75, 3.05) is 0 Å². The third kappa shape index (κ3) is 3.51. The van der Waals surface area contributed by atoms with Crippen LogP contribution in [0.4, 0.5) is 4.39 Å². The minimum Gasteiger partial charge on any atom is -0.488 e. The number of benzene rings is 3. The number of aldehydes is 1. The van der Waals surface area contributed by atoms with Crippen LogP contribution in [0.3, 0.4) is 0 Å². The van der Waals surface area contributed by atoms with Gasteiger partial charge in [0.1, 0.15) is 18.2 Å². The number of carbonyl (C=O) groups is 1. The summed E-state index contributed by atoms with van der Waals surface area (Å²) in [5.74, 6) is 0.222. The van der Waals surface area contributed by atoms with E-state index in [1.807, 2.05) is 43.3 Å². The largest absolute Gasteiger partial charge is 0.488 e. The quantitative estimate of drug-likeness (QED) is 0.605. The van der Waals surface area contributed by atoms with Crippen LogP contribution < -0.4 is 4.74 Å². The van der Waals surface area contributed by atoms with Gasteiger partial charge in [0, 0.05) is 0 Å². The number of aryl methyl sites for hydroxylation is 1. The lowest BCUT2D eigenvalue weighted by molar-refractivity contribution is 0.111. The van der Waals surface area contributed by atoms with Crippen LogP contribution in [0.2, 0.25) is 0 Å². The predicted octanol–water partition coefficient (Wildman–Crippen LogP) is 5.19. The van der Waals surface area contributed by atoms with E-state index in [1.165, 1.54) is 12.1 Å². The highest BCUT2D eigenvalue weighted by Crippen LogP contribution is 2.29. The van der Waals surface area contributed by atoms with Crippen molar-refractivity contribution in [3.63, 3.8) is 0 Å². The van der Waals surface area contributed by atoms with Crippen LogP contribution >= 0.6 is 0 Å². The fourth-order valence-corrected chi connectivity index (χ4v) is 2.58. The van der Waals surface area contributed by atoms with E-state index in [1.54, 1.807) is 18.2 Å². The van der Waals surface area contributed by atoms with Gasteiger partial charge in [-0.05, 0) is 53.4 Å². The molecule has 0 radical (unpaired) electrons. The Bertz CT molecular complexity index is 857. The first-order valence-electron chi connectivity index (χ1n) is 7.70. The summed E-state index contributed by atoms with van der Waals surface area (Å²) >= 11 is 0. The van der Waals surface area contributed by atoms with Gasteiger partial charge in [-0.2, -0.15) is 0 Å². The topological polar surface area (TPSA) is 26.3 Å². The second kappa shape index (κ2) is 7.09. The lowest BCUT2D eigenvalue weighted by Crippen LogP contribution is -1.98. The van der Waals surface area contributed by atoms with Crippen molar-refractivity contribution in [1.29, 1.82) is 0 Å². The van der Waals surface area contributed by atoms with Gasteiger partial charge in [0.15, 0.2) is 6.29 Å². The fourth-order valence-electron chi connectivity index (χ4n) is 2.58. The maximum absolute atomic E-state index is 13.5. The molecule has 0 atom stereocenters. The lowest BCUT2D eigenvalue weighted by Gasteiger charge is -2.12. The smallest absolute Gasteiger partial charge is 0.153 e. The summed E-state index contributed by atoms with van der Waals surface area (Å²) in [5.41, 5.74) is 3.99. The van der Waals surface area contributed by atoms with E-state index in [0.29, 0.717) is 17.9 Å². The highest BCUT2D eigenvalue weighted by atomic mass is 19.1. The zero-order valence-corrected chi connectivity index (χ0v) is 13.3. The molecule has 0 heterocycles. The molecule has 2 nitrogen and oxygen atoms in total. The van der Waals surface area contributed by atoms with Crippen LogP contribution in [-0.4, -0.2) is 6.29 Å². The van der Waals surface area contributed by atoms with E-state index in [9.17, 15) is 9.18 Å². The molecule has 0 bridgehead atoms. The molecule has 3 rings (SSSR count). The van der Waals surface area contributed by atoms with Crippen LogP contribution in [-0.2, 0) is 6.61 Å². The summed E-state index contributed by atoms with van der Waals surface area (Å²) in [4.78, 5) is 11.4. The van der Waals surface area contributed by atoms with Crippen LogP contribution in [0.5, 0.6) is 5.75 Å². The van der Waals surface area contributed by atoms with E-state index in [0.717, 1.165) is 28.5 Å². The number of halogens is 1. The number of hydrogen-bond donors (Lipinski definition) is 0. The molecule has 0 fully saturated rings. The normalized spacial score (nSPS) is 10.4. The van der Waals surface area contributed by atoms with Gasteiger partial charge in [-0.1, -0.05) is 42.5 Å². The summed E-state index contributed by atoms with van der Waals surface area (Å²) in [6.07, 6.45) is 0.762. The Morgan fingerprint density at radius 2 is 1.79 bits per heavy atom. The minimum absolute atomic E-state index is 0.298. The Balaban J connectivity index is 1.88. The molecule has 0 aliphatic rings. The maximum Gasteiger partial charge on any atom is 0.153 e. The second-order valence-electron chi connectivity index (χ2n) is 5.60. The van der Waals surface area contributed by atoms with E-state index >= 15 is 0 Å². The summed E-state index contributed by atoms with van der Waals surface area (Å²) in [6.45, 7) is 2.30. The zero-order valence-electron chi connectivity index (χ0n) is 13.3. The molecule has 0 aliphatic heterocycles. The Kier molecular flexibility index (Phi) is 4.71. The van der Waals surface area contributed by atoms with Gasteiger partial charge in [-0.3, -0.25) is 4.79 Å². The fraction of sp³-hybridized carbons (Fsp3) is 0.0952. The Labute approximate surface area is 140 Å². The van der Waals surface area contributed by atoms with Crippen LogP contribution in [0, 0.1) is 12.7 Å². The van der Waals surface area contributed by atoms with Gasteiger partial charge < -0.3 is 4.74 Å². The number of ether oxygens (including phenoxy) is 1. The molecule has 120 valence electrons. The third-order valence-electron chi connectivity index (χ3n) is 3.88. The molecular weight excluding hydrogens is 303 g/mol. The van der Waals surface area contributed by atoms with E-state index in [4.69, 9.17) is 4.74 Å². The van der Waals surface area contributed by atoms with Crippen molar-refractivity contribution in [3.8, 4) is 16.9 Å². The Hall–Kier alpha value is -2.94. The SMILES string of the molecule is Cc1ccc(F)cc1-c1ccc(OCc2ccccc2)c(C=O)c1. The van der Waals surface area contributed by atoms with Gasteiger partial charge in [0.2, 0.25) is 0 Å². The molecule has 3 aromatic rings. The van der Waals surface area contributed by atoms with Crippen molar-refractivity contribution in [2.45, 2.75) is 13.5 Å². The first kappa shape index (κ1) is 15.9. The maximum atomic E-state index is 13.5. The monoisotopic (exact) mass is 320 g/mol. The van der Waals surface area contributed by atoms with Gasteiger partial charge in [0.25, 0.3) is 0 Å². The molecule has 3 aromatic carbocycles. The summed E-state index contributed by atoms with van der Waals surface area (Å²) in [7, 11) is 0. The molecule has 0 N–H and O–H groups in total. The van der Waals surface area contributed by atoms with Gasteiger partial charge >= 0.3 is 0 Å². The average Bonchev–Trinajstić information content (AvgIpc) is 2.62. The van der Waals surface area contributed by atoms with Gasteiger partial charge in [-0.25, -0.2) is 4.39 Å². The van der Waals surface area contributed by atoms with Gasteiger partial charge in [0.05, 0.1) is 5.56 Å². The van der Waals surface area contributed by atoms with E-state index in [-0.39, 0.29) is 5.82 Å². The Morgan fingerprint density at radius 1 is 1.00 bits per heavy atom. The van der Waals surface area contributed by atoms with E-state index in [2.05, 4.69) is 0 Å². The summed E-state index contributed by atoms with van der Waals surface area (Å²) < 4.78 is 19.3. The average molecular weight is 320 g/mol. The number of carbonyl (C=O) groups excluding carboxylic acids is 1. The summed E-state index contributed by atoms with van der Waals surface area (Å²) in [6, 6.07) is 19.7. The van der Waals surface area contributed by atoms with Gasteiger partial charge in [-0.15, -0.1) is 0 Å². The van der Waals surface area contributed by atoms with Crippen LogP contribution in [0.25, 0.3) is 11.1 Å². The molecule has 0 amide bonds. The molecule has 24 heavy (non-hydrogen) atoms. The highest BCUT2D eigenvalue weighted by molar-refractivity contribution is 5.83. The zero-order chi connectivity index (χ0) is 16.9. The molecule has 0 aromatic heterocycles. The van der Waals surface area contributed by atoms with Crippen molar-refractivity contribution in [1.82, 2.24) is 0 Å². The molecule has 3 heteroatoms. The first-order chi connectivity index (χ1) is 11.7. The minimum atomic E-state index is -0.298. The first-order valence-corrected chi connectivity index (χ1v) is 7.70. The molecule has 0 unspecified atom stereocenters. The molecule has 0 spiro atoms. The molecule has 0 saturated heterocycles. The molecule has 0 saturated carbocycles. The van der Waals surface area contributed by atoms with Crippen LogP contribution in [0.15, 0.2) is 66.7 Å². The van der Waals surface area contributed by atoms with Crippen LogP contribution in [0.1, 0.15) is 21.5 Å². The second-order valence-corrected chi connectivity index (χ2v) is 5.60. The van der Waals surface area contributed by atoms with Crippen molar-refractivity contribution >= 4 is 6.29 Å². The summed E-state index contributed by atoms with van der Waals surface area (Å²) in [5, 5.41) is 0.